The summed E-state index contributed by atoms with van der Waals surface area (Å²) in [7, 11) is 0. The number of benzene rings is 5. The van der Waals surface area contributed by atoms with Crippen LogP contribution in [0.4, 0.5) is 0 Å². The Hall–Kier alpha value is -4.89. The van der Waals surface area contributed by atoms with E-state index in [2.05, 4.69) is 99.3 Å². The number of aryl methyl sites for hydroxylation is 2. The van der Waals surface area contributed by atoms with Crippen LogP contribution in [-0.4, -0.2) is 14.4 Å². The van der Waals surface area contributed by atoms with Gasteiger partial charge in [0.15, 0.2) is 0 Å². The van der Waals surface area contributed by atoms with Crippen molar-refractivity contribution >= 4 is 48.9 Å². The summed E-state index contributed by atoms with van der Waals surface area (Å²) in [5, 5.41) is 7.47. The van der Waals surface area contributed by atoms with Crippen LogP contribution in [0.15, 0.2) is 128 Å². The number of fused-ring (bicyclic) bond motifs is 7. The van der Waals surface area contributed by atoms with E-state index in [9.17, 15) is 0 Å². The van der Waals surface area contributed by atoms with Gasteiger partial charge in [-0.25, -0.2) is 0 Å². The van der Waals surface area contributed by atoms with E-state index in [1.807, 2.05) is 18.3 Å². The van der Waals surface area contributed by atoms with Crippen molar-refractivity contribution in [2.75, 3.05) is 0 Å². The molecule has 0 unspecified atom stereocenters. The molecule has 5 aromatic carbocycles. The first-order valence-corrected chi connectivity index (χ1v) is 14.0. The van der Waals surface area contributed by atoms with Crippen molar-refractivity contribution in [3.8, 4) is 22.5 Å². The number of para-hydroxylation sites is 1. The van der Waals surface area contributed by atoms with Gasteiger partial charge >= 0.3 is 0 Å². The minimum Gasteiger partial charge on any atom is -0.348 e. The maximum Gasteiger partial charge on any atom is 0.0457 e. The topological polar surface area (TPSA) is 30.2 Å². The Kier molecular flexibility index (Phi) is 5.59. The van der Waals surface area contributed by atoms with Gasteiger partial charge in [0.05, 0.1) is 0 Å². The van der Waals surface area contributed by atoms with E-state index in [-0.39, 0.29) is 31.2 Å². The summed E-state index contributed by atoms with van der Waals surface area (Å²) in [5.41, 5.74) is 7.26. The quantitative estimate of drug-likeness (QED) is 0.165. The van der Waals surface area contributed by atoms with Crippen LogP contribution in [0.2, 0.25) is 0 Å². The van der Waals surface area contributed by atoms with Gasteiger partial charge in [0.25, 0.3) is 0 Å². The van der Waals surface area contributed by atoms with Gasteiger partial charge in [0.1, 0.15) is 0 Å². The van der Waals surface area contributed by atoms with E-state index in [1.165, 1.54) is 73.3 Å². The molecule has 0 bridgehead atoms. The smallest absolute Gasteiger partial charge is 0.0457 e. The predicted octanol–water partition coefficient (Wildman–Crippen LogP) is 10.0. The van der Waals surface area contributed by atoms with Crippen LogP contribution < -0.4 is 0 Å². The molecule has 1 radical (unpaired) electrons. The van der Waals surface area contributed by atoms with E-state index in [0.29, 0.717) is 11.3 Å². The van der Waals surface area contributed by atoms with Gasteiger partial charge in [-0.2, -0.15) is 0 Å². The van der Waals surface area contributed by atoms with Crippen molar-refractivity contribution < 1.29 is 28.3 Å². The van der Waals surface area contributed by atoms with Gasteiger partial charge in [0.2, 0.25) is 0 Å². The minimum absolute atomic E-state index is 0. The molecule has 0 spiro atoms. The third-order valence-corrected chi connectivity index (χ3v) is 7.87. The summed E-state index contributed by atoms with van der Waals surface area (Å²) in [4.78, 5) is 8.66. The molecule has 0 saturated heterocycles. The Morgan fingerprint density at radius 1 is 0.636 bits per heavy atom. The van der Waals surface area contributed by atoms with Gasteiger partial charge < -0.3 is 9.38 Å². The van der Waals surface area contributed by atoms with E-state index in [0.717, 1.165) is 11.3 Å². The fraction of sp³-hybridized carbons (Fsp3) is 0.0500. The first-order chi connectivity index (χ1) is 23.6. The summed E-state index contributed by atoms with van der Waals surface area (Å²) < 4.78 is 46.0. The molecule has 0 fully saturated rings. The fourth-order valence-corrected chi connectivity index (χ4v) is 5.89. The number of nitrogens with zero attached hydrogens (tertiary/aromatic N) is 3. The van der Waals surface area contributed by atoms with Crippen LogP contribution in [-0.2, 0) is 20.1 Å². The zero-order chi connectivity index (χ0) is 33.9. The maximum atomic E-state index is 7.28. The molecule has 9 aromatic rings. The van der Waals surface area contributed by atoms with Crippen molar-refractivity contribution in [2.24, 2.45) is 0 Å². The SMILES string of the molecule is [2H]C([2H])([2H])c1c[c-]c(-c2ccc(C([2H])([2H])[2H])cn2)cc1.[Ir].[c-]1c(-c2ccccn2)cc2c3cc4ccccc4cc3n3c4ccccc4c1c23. The first-order valence-electron chi connectivity index (χ1n) is 17.0. The minimum atomic E-state index is -2.18. The Bertz CT molecular complexity index is 2560. The van der Waals surface area contributed by atoms with Crippen LogP contribution in [0.5, 0.6) is 0 Å². The van der Waals surface area contributed by atoms with Crippen molar-refractivity contribution in [3.63, 3.8) is 0 Å². The van der Waals surface area contributed by atoms with Crippen molar-refractivity contribution in [3.05, 3.63) is 151 Å². The molecule has 9 rings (SSSR count). The number of rotatable bonds is 2. The Morgan fingerprint density at radius 2 is 1.41 bits per heavy atom. The molecule has 4 aromatic heterocycles. The second-order valence-corrected chi connectivity index (χ2v) is 10.5. The van der Waals surface area contributed by atoms with E-state index in [1.54, 1.807) is 12.1 Å². The van der Waals surface area contributed by atoms with E-state index in [4.69, 9.17) is 8.22 Å². The molecule has 0 aliphatic heterocycles. The second kappa shape index (κ2) is 11.3. The molecule has 0 aliphatic carbocycles. The molecular formula is C40H27IrN3-2. The molecule has 44 heavy (non-hydrogen) atoms. The van der Waals surface area contributed by atoms with E-state index < -0.39 is 13.7 Å². The molecule has 0 aliphatic rings. The standard InChI is InChI=1S/C27H15N2.C13H12N.Ir/c1-2-8-18-16-26-21(13-17(18)7-1)23-15-19(24-10-5-6-12-28-24)14-22-20-9-3-4-11-25(20)29(26)27(22)23;1-10-3-6-12(7-4-10)13-8-5-11(2)9-14-13;/h1-13,15-16H;3-6,8-9H,1-2H3;/q2*-1;/i;1D3,2D3;. The fourth-order valence-electron chi connectivity index (χ4n) is 5.89. The molecule has 0 amide bonds. The predicted molar refractivity (Wildman–Crippen MR) is 179 cm³/mol. The summed E-state index contributed by atoms with van der Waals surface area (Å²) >= 11 is 0. The number of hydrogen-bond donors (Lipinski definition) is 0. The molecule has 4 heterocycles. The van der Waals surface area contributed by atoms with Crippen LogP contribution in [0, 0.1) is 25.8 Å². The third-order valence-electron chi connectivity index (χ3n) is 7.87. The third kappa shape index (κ3) is 4.73. The van der Waals surface area contributed by atoms with Crippen molar-refractivity contribution in [2.45, 2.75) is 13.7 Å². The summed E-state index contributed by atoms with van der Waals surface area (Å²) in [6, 6.07) is 44.3. The van der Waals surface area contributed by atoms with Gasteiger partial charge in [-0.3, -0.25) is 4.98 Å². The van der Waals surface area contributed by atoms with Crippen LogP contribution in [0.25, 0.3) is 71.4 Å². The Balaban J connectivity index is 0.000000166. The normalized spacial score (nSPS) is 13.8. The maximum absolute atomic E-state index is 7.28. The van der Waals surface area contributed by atoms with Crippen LogP contribution in [0.1, 0.15) is 19.4 Å². The average Bonchev–Trinajstić information content (AvgIpc) is 3.62. The second-order valence-electron chi connectivity index (χ2n) is 10.5. The molecule has 0 atom stereocenters. The largest absolute Gasteiger partial charge is 0.348 e. The Morgan fingerprint density at radius 3 is 2.16 bits per heavy atom. The zero-order valence-corrected chi connectivity index (χ0v) is 25.7. The zero-order valence-electron chi connectivity index (χ0n) is 29.3. The molecule has 4 heteroatoms. The molecule has 213 valence electrons. The van der Waals surface area contributed by atoms with Gasteiger partial charge in [0, 0.05) is 57.5 Å². The molecule has 0 saturated carbocycles. The Labute approximate surface area is 278 Å². The number of pyridine rings is 2. The number of aromatic nitrogens is 3. The average molecular weight is 748 g/mol. The summed E-state index contributed by atoms with van der Waals surface area (Å²) in [6.45, 7) is -4.34. The number of hydrogen-bond acceptors (Lipinski definition) is 2. The first kappa shape index (κ1) is 21.7. The van der Waals surface area contributed by atoms with Gasteiger partial charge in [-0.1, -0.05) is 95.3 Å². The van der Waals surface area contributed by atoms with Crippen LogP contribution >= 0.6 is 0 Å². The van der Waals surface area contributed by atoms with Gasteiger partial charge in [-0.15, -0.1) is 47.5 Å². The van der Waals surface area contributed by atoms with Crippen LogP contribution in [0.3, 0.4) is 0 Å². The van der Waals surface area contributed by atoms with E-state index >= 15 is 0 Å². The molecule has 0 N–H and O–H groups in total. The van der Waals surface area contributed by atoms with Crippen molar-refractivity contribution in [1.82, 2.24) is 14.4 Å². The van der Waals surface area contributed by atoms with Gasteiger partial charge in [-0.05, 0) is 64.1 Å². The van der Waals surface area contributed by atoms with Crippen molar-refractivity contribution in [1.29, 1.82) is 0 Å². The monoisotopic (exact) mass is 748 g/mol. The summed E-state index contributed by atoms with van der Waals surface area (Å²) in [6.07, 6.45) is 3.14. The molecule has 3 nitrogen and oxygen atoms in total. The summed E-state index contributed by atoms with van der Waals surface area (Å²) in [5.74, 6) is 0. The molecular weight excluding hydrogens is 715 g/mol.